The van der Waals surface area contributed by atoms with E-state index in [-0.39, 0.29) is 6.10 Å². The van der Waals surface area contributed by atoms with E-state index in [2.05, 4.69) is 16.4 Å². The molecule has 0 amide bonds. The zero-order chi connectivity index (χ0) is 17.1. The Kier molecular flexibility index (Phi) is 4.23. The van der Waals surface area contributed by atoms with Crippen molar-refractivity contribution in [2.75, 3.05) is 18.5 Å². The van der Waals surface area contributed by atoms with E-state index in [0.717, 1.165) is 27.9 Å². The smallest absolute Gasteiger partial charge is 0.183 e. The molecule has 0 saturated heterocycles. The van der Waals surface area contributed by atoms with Gasteiger partial charge in [0.25, 0.3) is 0 Å². The highest BCUT2D eigenvalue weighted by molar-refractivity contribution is 7.14. The predicted octanol–water partition coefficient (Wildman–Crippen LogP) is 3.93. The van der Waals surface area contributed by atoms with Gasteiger partial charge in [0.2, 0.25) is 0 Å². The lowest BCUT2D eigenvalue weighted by Crippen LogP contribution is -2.35. The quantitative estimate of drug-likeness (QED) is 0.773. The molecule has 1 aliphatic rings. The van der Waals surface area contributed by atoms with Gasteiger partial charge < -0.3 is 14.8 Å². The van der Waals surface area contributed by atoms with Gasteiger partial charge in [0.15, 0.2) is 16.6 Å². The number of nitrogens with zero attached hydrogens (tertiary/aromatic N) is 2. The number of hydrogen-bond acceptors (Lipinski definition) is 6. The molecule has 6 heteroatoms. The Hall–Kier alpha value is -3.04. The molecule has 0 saturated carbocycles. The lowest BCUT2D eigenvalue weighted by atomic mass is 10.1. The Balaban J connectivity index is 1.40. The van der Waals surface area contributed by atoms with Gasteiger partial charge in [0.1, 0.15) is 12.7 Å². The number of nitrogens with one attached hydrogen (secondary N) is 1. The van der Waals surface area contributed by atoms with E-state index in [1.807, 2.05) is 47.8 Å². The number of benzene rings is 2. The molecule has 0 aliphatic carbocycles. The van der Waals surface area contributed by atoms with E-state index >= 15 is 0 Å². The maximum absolute atomic E-state index is 9.01. The SMILES string of the molecule is N#Cc1cccc(-c2csc(NCC3COc4ccccc4O3)n2)c1. The first-order valence-corrected chi connectivity index (χ1v) is 8.78. The van der Waals surface area contributed by atoms with Crippen molar-refractivity contribution in [1.82, 2.24) is 4.98 Å². The maximum Gasteiger partial charge on any atom is 0.183 e. The minimum Gasteiger partial charge on any atom is -0.486 e. The van der Waals surface area contributed by atoms with Crippen molar-refractivity contribution in [3.63, 3.8) is 0 Å². The van der Waals surface area contributed by atoms with Crippen molar-refractivity contribution in [1.29, 1.82) is 5.26 Å². The van der Waals surface area contributed by atoms with Crippen LogP contribution in [0.25, 0.3) is 11.3 Å². The van der Waals surface area contributed by atoms with Crippen LogP contribution in [0.15, 0.2) is 53.9 Å². The summed E-state index contributed by atoms with van der Waals surface area (Å²) in [5.74, 6) is 1.56. The molecule has 2 heterocycles. The first kappa shape index (κ1) is 15.5. The molecule has 1 N–H and O–H groups in total. The van der Waals surface area contributed by atoms with Crippen molar-refractivity contribution in [2.45, 2.75) is 6.10 Å². The Labute approximate surface area is 149 Å². The molecule has 0 bridgehead atoms. The number of ether oxygens (including phenoxy) is 2. The molecule has 0 spiro atoms. The number of anilines is 1. The highest BCUT2D eigenvalue weighted by Crippen LogP contribution is 2.31. The van der Waals surface area contributed by atoms with E-state index < -0.39 is 0 Å². The van der Waals surface area contributed by atoms with Crippen LogP contribution in [0.3, 0.4) is 0 Å². The van der Waals surface area contributed by atoms with Crippen molar-refractivity contribution in [2.24, 2.45) is 0 Å². The maximum atomic E-state index is 9.01. The van der Waals surface area contributed by atoms with Gasteiger partial charge in [-0.3, -0.25) is 0 Å². The average molecular weight is 349 g/mol. The fraction of sp³-hybridized carbons (Fsp3) is 0.158. The van der Waals surface area contributed by atoms with Gasteiger partial charge in [-0.25, -0.2) is 4.98 Å². The van der Waals surface area contributed by atoms with Crippen LogP contribution >= 0.6 is 11.3 Å². The van der Waals surface area contributed by atoms with Crippen LogP contribution in [0.1, 0.15) is 5.56 Å². The van der Waals surface area contributed by atoms with E-state index in [9.17, 15) is 0 Å². The summed E-state index contributed by atoms with van der Waals surface area (Å²) in [5, 5.41) is 15.1. The summed E-state index contributed by atoms with van der Waals surface area (Å²) in [5.41, 5.74) is 2.43. The normalized spacial score (nSPS) is 15.4. The summed E-state index contributed by atoms with van der Waals surface area (Å²) in [6, 6.07) is 17.3. The third kappa shape index (κ3) is 3.42. The summed E-state index contributed by atoms with van der Waals surface area (Å²) in [6.45, 7) is 1.12. The van der Waals surface area contributed by atoms with E-state index in [1.165, 1.54) is 11.3 Å². The second-order valence-corrected chi connectivity index (χ2v) is 6.47. The number of fused-ring (bicyclic) bond motifs is 1. The number of hydrogen-bond donors (Lipinski definition) is 1. The summed E-state index contributed by atoms with van der Waals surface area (Å²) < 4.78 is 11.6. The molecular weight excluding hydrogens is 334 g/mol. The predicted molar refractivity (Wildman–Crippen MR) is 97.1 cm³/mol. The molecule has 0 radical (unpaired) electrons. The topological polar surface area (TPSA) is 67.2 Å². The second-order valence-electron chi connectivity index (χ2n) is 5.61. The Morgan fingerprint density at radius 1 is 1.20 bits per heavy atom. The van der Waals surface area contributed by atoms with Crippen LogP contribution in [0, 0.1) is 11.3 Å². The van der Waals surface area contributed by atoms with E-state index in [0.29, 0.717) is 18.7 Å². The van der Waals surface area contributed by atoms with Crippen molar-refractivity contribution in [3.05, 3.63) is 59.5 Å². The van der Waals surface area contributed by atoms with E-state index in [4.69, 9.17) is 14.7 Å². The zero-order valence-electron chi connectivity index (χ0n) is 13.3. The number of thiazole rings is 1. The summed E-state index contributed by atoms with van der Waals surface area (Å²) in [4.78, 5) is 4.59. The third-order valence-electron chi connectivity index (χ3n) is 3.84. The minimum absolute atomic E-state index is 0.0656. The first-order chi connectivity index (χ1) is 12.3. The average Bonchev–Trinajstić information content (AvgIpc) is 3.15. The van der Waals surface area contributed by atoms with Crippen LogP contribution in [0.4, 0.5) is 5.13 Å². The van der Waals surface area contributed by atoms with Gasteiger partial charge >= 0.3 is 0 Å². The molecule has 0 fully saturated rings. The number of rotatable bonds is 4. The van der Waals surface area contributed by atoms with Crippen LogP contribution in [-0.4, -0.2) is 24.2 Å². The van der Waals surface area contributed by atoms with Crippen molar-refractivity contribution < 1.29 is 9.47 Å². The standard InChI is InChI=1S/C19H15N3O2S/c20-9-13-4-3-5-14(8-13)16-12-25-19(22-16)21-10-15-11-23-17-6-1-2-7-18(17)24-15/h1-8,12,15H,10-11H2,(H,21,22). The third-order valence-corrected chi connectivity index (χ3v) is 4.64. The van der Waals surface area contributed by atoms with Gasteiger partial charge in [-0.1, -0.05) is 24.3 Å². The molecule has 5 nitrogen and oxygen atoms in total. The molecule has 1 aromatic heterocycles. The van der Waals surface area contributed by atoms with Crippen LogP contribution in [-0.2, 0) is 0 Å². The number of para-hydroxylation sites is 2. The highest BCUT2D eigenvalue weighted by atomic mass is 32.1. The van der Waals surface area contributed by atoms with Crippen LogP contribution in [0.5, 0.6) is 11.5 Å². The Bertz CT molecular complexity index is 932. The molecule has 124 valence electrons. The molecular formula is C19H15N3O2S. The molecule has 1 aliphatic heterocycles. The van der Waals surface area contributed by atoms with Crippen LogP contribution < -0.4 is 14.8 Å². The molecule has 1 atom stereocenters. The number of nitriles is 1. The van der Waals surface area contributed by atoms with Gasteiger partial charge in [0.05, 0.1) is 23.9 Å². The second kappa shape index (κ2) is 6.83. The van der Waals surface area contributed by atoms with Gasteiger partial charge in [-0.2, -0.15) is 5.26 Å². The number of aromatic nitrogens is 1. The Morgan fingerprint density at radius 2 is 2.08 bits per heavy atom. The Morgan fingerprint density at radius 3 is 2.96 bits per heavy atom. The summed E-state index contributed by atoms with van der Waals surface area (Å²) >= 11 is 1.53. The zero-order valence-corrected chi connectivity index (χ0v) is 14.1. The lowest BCUT2D eigenvalue weighted by Gasteiger charge is -2.26. The minimum atomic E-state index is -0.0656. The van der Waals surface area contributed by atoms with Gasteiger partial charge in [-0.15, -0.1) is 11.3 Å². The van der Waals surface area contributed by atoms with Crippen LogP contribution in [0.2, 0.25) is 0 Å². The highest BCUT2D eigenvalue weighted by Gasteiger charge is 2.20. The summed E-state index contributed by atoms with van der Waals surface area (Å²) in [7, 11) is 0. The monoisotopic (exact) mass is 349 g/mol. The van der Waals surface area contributed by atoms with E-state index in [1.54, 1.807) is 6.07 Å². The van der Waals surface area contributed by atoms with Crippen molar-refractivity contribution in [3.8, 4) is 28.8 Å². The lowest BCUT2D eigenvalue weighted by molar-refractivity contribution is 0.0997. The molecule has 1 unspecified atom stereocenters. The molecule has 3 aromatic rings. The fourth-order valence-corrected chi connectivity index (χ4v) is 3.33. The molecule has 4 rings (SSSR count). The van der Waals surface area contributed by atoms with Crippen molar-refractivity contribution >= 4 is 16.5 Å². The van der Waals surface area contributed by atoms with Gasteiger partial charge in [0, 0.05) is 10.9 Å². The van der Waals surface area contributed by atoms with Gasteiger partial charge in [-0.05, 0) is 24.3 Å². The summed E-state index contributed by atoms with van der Waals surface area (Å²) in [6.07, 6.45) is -0.0656. The fourth-order valence-electron chi connectivity index (χ4n) is 2.60. The molecule has 2 aromatic carbocycles. The first-order valence-electron chi connectivity index (χ1n) is 7.90. The largest absolute Gasteiger partial charge is 0.486 e. The molecule has 25 heavy (non-hydrogen) atoms.